The molecule has 8 heteroatoms. The van der Waals surface area contributed by atoms with Crippen LogP contribution in [0.3, 0.4) is 0 Å². The van der Waals surface area contributed by atoms with Gasteiger partial charge in [0.05, 0.1) is 22.5 Å². The largest absolute Gasteiger partial charge is 0.463 e. The summed E-state index contributed by atoms with van der Waals surface area (Å²) in [6, 6.07) is 12.1. The summed E-state index contributed by atoms with van der Waals surface area (Å²) in [7, 11) is 0. The van der Waals surface area contributed by atoms with E-state index in [1.807, 2.05) is 36.5 Å². The van der Waals surface area contributed by atoms with E-state index in [0.29, 0.717) is 17.7 Å². The van der Waals surface area contributed by atoms with Crippen LogP contribution in [-0.4, -0.2) is 32.4 Å². The van der Waals surface area contributed by atoms with Crippen LogP contribution in [0.5, 0.6) is 6.01 Å². The Bertz CT molecular complexity index is 1130. The van der Waals surface area contributed by atoms with Crippen LogP contribution in [0.25, 0.3) is 21.5 Å². The van der Waals surface area contributed by atoms with Crippen molar-refractivity contribution in [2.24, 2.45) is 0 Å². The molecule has 1 amide bonds. The van der Waals surface area contributed by atoms with Crippen LogP contribution >= 0.6 is 11.3 Å². The van der Waals surface area contributed by atoms with E-state index in [9.17, 15) is 4.79 Å². The zero-order chi connectivity index (χ0) is 20.1. The summed E-state index contributed by atoms with van der Waals surface area (Å²) in [5.74, 6) is -0.134. The third kappa shape index (κ3) is 4.91. The van der Waals surface area contributed by atoms with E-state index in [1.54, 1.807) is 12.4 Å². The number of thiazole rings is 1. The van der Waals surface area contributed by atoms with Gasteiger partial charge in [-0.15, -0.1) is 0 Å². The number of benzene rings is 1. The van der Waals surface area contributed by atoms with Crippen molar-refractivity contribution >= 4 is 32.6 Å². The topological polar surface area (TPSA) is 89.9 Å². The Balaban J connectivity index is 1.43. The third-order valence-electron chi connectivity index (χ3n) is 4.16. The van der Waals surface area contributed by atoms with Crippen LogP contribution in [0.2, 0.25) is 0 Å². The van der Waals surface area contributed by atoms with Gasteiger partial charge >= 0.3 is 6.01 Å². The van der Waals surface area contributed by atoms with Gasteiger partial charge in [0.25, 0.3) is 0 Å². The fourth-order valence-electron chi connectivity index (χ4n) is 2.84. The van der Waals surface area contributed by atoms with Crippen molar-refractivity contribution in [3.05, 3.63) is 60.6 Å². The summed E-state index contributed by atoms with van der Waals surface area (Å²) < 4.78 is 6.70. The Morgan fingerprint density at radius 1 is 1.17 bits per heavy atom. The zero-order valence-corrected chi connectivity index (χ0v) is 16.6. The van der Waals surface area contributed by atoms with Crippen molar-refractivity contribution < 1.29 is 9.53 Å². The molecule has 1 aromatic carbocycles. The lowest BCUT2D eigenvalue weighted by Gasteiger charge is -2.06. The van der Waals surface area contributed by atoms with Gasteiger partial charge in [-0.1, -0.05) is 23.5 Å². The summed E-state index contributed by atoms with van der Waals surface area (Å²) in [4.78, 5) is 28.5. The molecule has 0 saturated heterocycles. The molecule has 3 heterocycles. The number of nitrogens with zero attached hydrogens (tertiary/aromatic N) is 4. The van der Waals surface area contributed by atoms with E-state index in [-0.39, 0.29) is 5.91 Å². The van der Waals surface area contributed by atoms with Crippen LogP contribution in [0.15, 0.2) is 55.0 Å². The molecule has 0 bridgehead atoms. The molecule has 0 radical (unpaired) electrons. The number of carbonyl (C=O) groups is 1. The summed E-state index contributed by atoms with van der Waals surface area (Å²) in [5, 5.41) is 3.31. The average Bonchev–Trinajstić information content (AvgIpc) is 3.13. The maximum Gasteiger partial charge on any atom is 0.316 e. The first-order chi connectivity index (χ1) is 14.2. The molecule has 1 N–H and O–H groups in total. The Morgan fingerprint density at radius 2 is 2.10 bits per heavy atom. The monoisotopic (exact) mass is 405 g/mol. The minimum atomic E-state index is -0.134. The summed E-state index contributed by atoms with van der Waals surface area (Å²) >= 11 is 1.43. The molecule has 0 spiro atoms. The molecule has 4 rings (SSSR count). The maximum atomic E-state index is 11.2. The van der Waals surface area contributed by atoms with Crippen molar-refractivity contribution in [1.82, 2.24) is 19.9 Å². The lowest BCUT2D eigenvalue weighted by molar-refractivity contribution is -0.114. The SMILES string of the molecule is CC(=O)Nc1nc2ccc(-c3ccnc(OCCCc4cccnc4)n3)cc2s1. The number of ether oxygens (including phenoxy) is 1. The van der Waals surface area contributed by atoms with E-state index >= 15 is 0 Å². The van der Waals surface area contributed by atoms with Crippen LogP contribution in [-0.2, 0) is 11.2 Å². The predicted molar refractivity (Wildman–Crippen MR) is 113 cm³/mol. The van der Waals surface area contributed by atoms with Crippen LogP contribution < -0.4 is 10.1 Å². The number of pyridine rings is 1. The number of aryl methyl sites for hydroxylation is 1. The highest BCUT2D eigenvalue weighted by atomic mass is 32.1. The molecule has 0 aliphatic carbocycles. The Labute approximate surface area is 171 Å². The number of aromatic nitrogens is 4. The Morgan fingerprint density at radius 3 is 2.93 bits per heavy atom. The molecule has 0 saturated carbocycles. The fourth-order valence-corrected chi connectivity index (χ4v) is 3.80. The van der Waals surface area contributed by atoms with Gasteiger partial charge in [0, 0.05) is 31.1 Å². The highest BCUT2D eigenvalue weighted by Gasteiger charge is 2.09. The molecular weight excluding hydrogens is 386 g/mol. The van der Waals surface area contributed by atoms with E-state index in [0.717, 1.165) is 34.3 Å². The minimum Gasteiger partial charge on any atom is -0.463 e. The average molecular weight is 405 g/mol. The molecule has 0 fully saturated rings. The lowest BCUT2D eigenvalue weighted by atomic mass is 10.1. The van der Waals surface area contributed by atoms with Crippen molar-refractivity contribution in [3.63, 3.8) is 0 Å². The number of hydrogen-bond acceptors (Lipinski definition) is 7. The van der Waals surface area contributed by atoms with Gasteiger partial charge in [-0.25, -0.2) is 9.97 Å². The van der Waals surface area contributed by atoms with Crippen molar-refractivity contribution in [3.8, 4) is 17.3 Å². The van der Waals surface area contributed by atoms with Gasteiger partial charge in [0.15, 0.2) is 5.13 Å². The molecule has 0 aliphatic heterocycles. The minimum absolute atomic E-state index is 0.134. The van der Waals surface area contributed by atoms with Crippen molar-refractivity contribution in [2.75, 3.05) is 11.9 Å². The predicted octanol–water partition coefficient (Wildman–Crippen LogP) is 4.12. The van der Waals surface area contributed by atoms with Gasteiger partial charge in [0.2, 0.25) is 5.91 Å². The van der Waals surface area contributed by atoms with Gasteiger partial charge in [0.1, 0.15) is 0 Å². The molecule has 7 nitrogen and oxygen atoms in total. The number of carbonyl (C=O) groups excluding carboxylic acids is 1. The van der Waals surface area contributed by atoms with Crippen molar-refractivity contribution in [1.29, 1.82) is 0 Å². The zero-order valence-electron chi connectivity index (χ0n) is 15.8. The number of amides is 1. The number of fused-ring (bicyclic) bond motifs is 1. The number of nitrogens with one attached hydrogen (secondary N) is 1. The van der Waals surface area contributed by atoms with E-state index in [1.165, 1.54) is 23.8 Å². The highest BCUT2D eigenvalue weighted by molar-refractivity contribution is 7.22. The molecule has 0 unspecified atom stereocenters. The van der Waals surface area contributed by atoms with Crippen LogP contribution in [0.4, 0.5) is 5.13 Å². The third-order valence-corrected chi connectivity index (χ3v) is 5.10. The first-order valence-electron chi connectivity index (χ1n) is 9.21. The molecule has 3 aromatic heterocycles. The summed E-state index contributed by atoms with van der Waals surface area (Å²) in [5.41, 5.74) is 3.74. The van der Waals surface area contributed by atoms with Gasteiger partial charge < -0.3 is 10.1 Å². The lowest BCUT2D eigenvalue weighted by Crippen LogP contribution is -2.04. The summed E-state index contributed by atoms with van der Waals surface area (Å²) in [6.07, 6.45) is 7.08. The number of hydrogen-bond donors (Lipinski definition) is 1. The second-order valence-electron chi connectivity index (χ2n) is 6.42. The highest BCUT2D eigenvalue weighted by Crippen LogP contribution is 2.30. The Hall–Kier alpha value is -3.39. The van der Waals surface area contributed by atoms with E-state index < -0.39 is 0 Å². The fraction of sp³-hybridized carbons (Fsp3) is 0.190. The first-order valence-corrected chi connectivity index (χ1v) is 10.0. The normalized spacial score (nSPS) is 10.8. The van der Waals surface area contributed by atoms with Crippen LogP contribution in [0.1, 0.15) is 18.9 Å². The molecule has 0 atom stereocenters. The van der Waals surface area contributed by atoms with Crippen molar-refractivity contribution in [2.45, 2.75) is 19.8 Å². The summed E-state index contributed by atoms with van der Waals surface area (Å²) in [6.45, 7) is 2.00. The first kappa shape index (κ1) is 18.9. The second kappa shape index (κ2) is 8.74. The van der Waals surface area contributed by atoms with Gasteiger partial charge in [-0.3, -0.25) is 9.78 Å². The molecule has 146 valence electrons. The molecule has 4 aromatic rings. The molecular formula is C21H19N5O2S. The standard InChI is InChI=1S/C21H19N5O2S/c1-14(27)24-21-26-18-7-6-16(12-19(18)29-21)17-8-10-23-20(25-17)28-11-3-5-15-4-2-9-22-13-15/h2,4,6-10,12-13H,3,5,11H2,1H3,(H,24,26,27). The van der Waals surface area contributed by atoms with Gasteiger partial charge in [-0.2, -0.15) is 4.98 Å². The van der Waals surface area contributed by atoms with Gasteiger partial charge in [-0.05, 0) is 42.7 Å². The molecule has 29 heavy (non-hydrogen) atoms. The van der Waals surface area contributed by atoms with E-state index in [4.69, 9.17) is 4.74 Å². The number of rotatable bonds is 7. The second-order valence-corrected chi connectivity index (χ2v) is 7.45. The maximum absolute atomic E-state index is 11.2. The quantitative estimate of drug-likeness (QED) is 0.465. The number of anilines is 1. The Kier molecular flexibility index (Phi) is 5.71. The van der Waals surface area contributed by atoms with E-state index in [2.05, 4.69) is 31.3 Å². The van der Waals surface area contributed by atoms with Crippen LogP contribution in [0, 0.1) is 0 Å². The molecule has 0 aliphatic rings. The smallest absolute Gasteiger partial charge is 0.316 e.